The fraction of sp³-hybridized carbons (Fsp3) is 0.133. The maximum Gasteiger partial charge on any atom is 0.265 e. The minimum absolute atomic E-state index is 0.130. The Balaban J connectivity index is 2.64. The van der Waals surface area contributed by atoms with E-state index >= 15 is 0 Å². The molecule has 122 valence electrons. The molecule has 0 aliphatic carbocycles. The molecule has 0 N–H and O–H groups in total. The molecule has 2 rings (SSSR count). The van der Waals surface area contributed by atoms with Gasteiger partial charge in [-0.05, 0) is 54.9 Å². The maximum absolute atomic E-state index is 14.1. The van der Waals surface area contributed by atoms with Gasteiger partial charge in [-0.15, -0.1) is 0 Å². The van der Waals surface area contributed by atoms with E-state index in [1.54, 1.807) is 0 Å². The van der Waals surface area contributed by atoms with Crippen LogP contribution in [-0.2, 0) is 14.8 Å². The van der Waals surface area contributed by atoms with Crippen molar-refractivity contribution in [3.8, 4) is 0 Å². The molecule has 0 aliphatic rings. The Bertz CT molecular complexity index is 825. The van der Waals surface area contributed by atoms with E-state index in [4.69, 9.17) is 23.2 Å². The van der Waals surface area contributed by atoms with Gasteiger partial charge >= 0.3 is 0 Å². The fourth-order valence-corrected chi connectivity index (χ4v) is 3.90. The number of carbonyl (C=O) groups is 1. The van der Waals surface area contributed by atoms with Crippen molar-refractivity contribution in [1.82, 2.24) is 0 Å². The highest BCUT2D eigenvalue weighted by Gasteiger charge is 2.34. The molecule has 2 aromatic carbocycles. The van der Waals surface area contributed by atoms with Crippen molar-refractivity contribution in [2.75, 3.05) is 4.31 Å². The topological polar surface area (TPSA) is 54.5 Å². The Morgan fingerprint density at radius 1 is 1.13 bits per heavy atom. The minimum atomic E-state index is -4.21. The lowest BCUT2D eigenvalue weighted by Crippen LogP contribution is -2.42. The van der Waals surface area contributed by atoms with Crippen molar-refractivity contribution in [3.05, 3.63) is 59.4 Å². The number of benzene rings is 2. The Morgan fingerprint density at radius 2 is 1.70 bits per heavy atom. The van der Waals surface area contributed by atoms with E-state index in [2.05, 4.69) is 0 Å². The second kappa shape index (κ2) is 6.86. The van der Waals surface area contributed by atoms with E-state index in [-0.39, 0.29) is 10.6 Å². The summed E-state index contributed by atoms with van der Waals surface area (Å²) in [5.74, 6) is -0.783. The first-order valence-corrected chi connectivity index (χ1v) is 8.68. The molecule has 1 atom stereocenters. The van der Waals surface area contributed by atoms with Crippen LogP contribution in [0.5, 0.6) is 0 Å². The Morgan fingerprint density at radius 3 is 2.22 bits per heavy atom. The predicted molar refractivity (Wildman–Crippen MR) is 87.8 cm³/mol. The smallest absolute Gasteiger partial charge is 0.265 e. The molecule has 0 spiro atoms. The van der Waals surface area contributed by atoms with Gasteiger partial charge in [0.15, 0.2) is 0 Å². The van der Waals surface area contributed by atoms with Gasteiger partial charge in [0.25, 0.3) is 10.0 Å². The fourth-order valence-electron chi connectivity index (χ4n) is 1.99. The number of sulfonamides is 1. The molecular formula is C15H12Cl2FNO3S. The maximum atomic E-state index is 14.1. The molecule has 0 fully saturated rings. The van der Waals surface area contributed by atoms with Crippen LogP contribution in [-0.4, -0.2) is 19.7 Å². The number of para-hydroxylation sites is 1. The van der Waals surface area contributed by atoms with Crippen molar-refractivity contribution in [2.24, 2.45) is 0 Å². The monoisotopic (exact) mass is 375 g/mol. The standard InChI is InChI=1S/C15H12Cl2FNO3S/c1-10(15(17)20)19(14-5-3-2-4-13(14)18)23(21,22)12-8-6-11(16)7-9-12/h2-10H,1H3. The molecule has 0 saturated heterocycles. The summed E-state index contributed by atoms with van der Waals surface area (Å²) < 4.78 is 40.5. The number of hydrogen-bond acceptors (Lipinski definition) is 3. The van der Waals surface area contributed by atoms with Crippen molar-refractivity contribution in [1.29, 1.82) is 0 Å². The number of hydrogen-bond donors (Lipinski definition) is 0. The molecule has 8 heteroatoms. The lowest BCUT2D eigenvalue weighted by molar-refractivity contribution is -0.112. The van der Waals surface area contributed by atoms with Crippen molar-refractivity contribution >= 4 is 44.2 Å². The van der Waals surface area contributed by atoms with Crippen LogP contribution in [0.1, 0.15) is 6.92 Å². The van der Waals surface area contributed by atoms with Gasteiger partial charge in [-0.25, -0.2) is 12.8 Å². The highest BCUT2D eigenvalue weighted by Crippen LogP contribution is 2.29. The predicted octanol–water partition coefficient (Wildman–Crippen LogP) is 3.83. The highest BCUT2D eigenvalue weighted by molar-refractivity contribution is 7.93. The zero-order chi connectivity index (χ0) is 17.2. The van der Waals surface area contributed by atoms with E-state index in [1.165, 1.54) is 49.4 Å². The quantitative estimate of drug-likeness (QED) is 0.746. The van der Waals surface area contributed by atoms with Gasteiger partial charge < -0.3 is 0 Å². The molecule has 0 radical (unpaired) electrons. The third-order valence-electron chi connectivity index (χ3n) is 3.14. The third kappa shape index (κ3) is 3.65. The number of halogens is 3. The first-order valence-electron chi connectivity index (χ1n) is 6.49. The van der Waals surface area contributed by atoms with E-state index < -0.39 is 27.1 Å². The zero-order valence-corrected chi connectivity index (χ0v) is 14.2. The van der Waals surface area contributed by atoms with Crippen LogP contribution in [0.25, 0.3) is 0 Å². The van der Waals surface area contributed by atoms with E-state index in [1.807, 2.05) is 0 Å². The van der Waals surface area contributed by atoms with Gasteiger partial charge in [0.1, 0.15) is 11.9 Å². The van der Waals surface area contributed by atoms with Crippen molar-refractivity contribution < 1.29 is 17.6 Å². The normalized spacial score (nSPS) is 12.7. The summed E-state index contributed by atoms with van der Waals surface area (Å²) >= 11 is 11.2. The van der Waals surface area contributed by atoms with Crippen LogP contribution in [0.3, 0.4) is 0 Å². The molecule has 0 aromatic heterocycles. The first-order chi connectivity index (χ1) is 10.7. The number of nitrogens with zero attached hydrogens (tertiary/aromatic N) is 1. The average Bonchev–Trinajstić information content (AvgIpc) is 2.49. The summed E-state index contributed by atoms with van der Waals surface area (Å²) in [7, 11) is -4.21. The largest absolute Gasteiger partial charge is 0.279 e. The summed E-state index contributed by atoms with van der Waals surface area (Å²) in [6.07, 6.45) is 0. The Kier molecular flexibility index (Phi) is 5.29. The number of carbonyl (C=O) groups excluding carboxylic acids is 1. The third-order valence-corrected chi connectivity index (χ3v) is 5.61. The summed E-state index contributed by atoms with van der Waals surface area (Å²) in [6, 6.07) is 9.29. The van der Waals surface area contributed by atoms with E-state index in [9.17, 15) is 17.6 Å². The minimum Gasteiger partial charge on any atom is -0.279 e. The van der Waals surface area contributed by atoms with Gasteiger partial charge in [0.05, 0.1) is 10.6 Å². The van der Waals surface area contributed by atoms with Crippen LogP contribution in [0.2, 0.25) is 5.02 Å². The van der Waals surface area contributed by atoms with Gasteiger partial charge in [-0.1, -0.05) is 23.7 Å². The molecule has 1 unspecified atom stereocenters. The lowest BCUT2D eigenvalue weighted by atomic mass is 10.2. The molecule has 0 amide bonds. The molecule has 0 heterocycles. The summed E-state index contributed by atoms with van der Waals surface area (Å²) in [5, 5.41) is -0.575. The van der Waals surface area contributed by atoms with Gasteiger partial charge in [-0.3, -0.25) is 9.10 Å². The zero-order valence-electron chi connectivity index (χ0n) is 11.9. The average molecular weight is 376 g/mol. The van der Waals surface area contributed by atoms with Gasteiger partial charge in [-0.2, -0.15) is 0 Å². The van der Waals surface area contributed by atoms with Crippen LogP contribution in [0, 0.1) is 5.82 Å². The van der Waals surface area contributed by atoms with Gasteiger partial charge in [0.2, 0.25) is 5.24 Å². The number of anilines is 1. The van der Waals surface area contributed by atoms with Crippen LogP contribution >= 0.6 is 23.2 Å². The SMILES string of the molecule is CC(C(=O)Cl)N(c1ccccc1F)S(=O)(=O)c1ccc(Cl)cc1. The second-order valence-electron chi connectivity index (χ2n) is 4.69. The Hall–Kier alpha value is -1.63. The summed E-state index contributed by atoms with van der Waals surface area (Å²) in [5.41, 5.74) is -0.260. The molecule has 0 saturated carbocycles. The Labute approximate surface area is 143 Å². The summed E-state index contributed by atoms with van der Waals surface area (Å²) in [4.78, 5) is 11.4. The molecule has 0 bridgehead atoms. The van der Waals surface area contributed by atoms with E-state index in [0.717, 1.165) is 6.07 Å². The van der Waals surface area contributed by atoms with Crippen LogP contribution in [0.15, 0.2) is 53.4 Å². The molecule has 0 aliphatic heterocycles. The number of rotatable bonds is 5. The van der Waals surface area contributed by atoms with Crippen LogP contribution < -0.4 is 4.31 Å². The van der Waals surface area contributed by atoms with E-state index in [0.29, 0.717) is 9.33 Å². The highest BCUT2D eigenvalue weighted by atomic mass is 35.5. The molecule has 23 heavy (non-hydrogen) atoms. The van der Waals surface area contributed by atoms with Crippen molar-refractivity contribution in [2.45, 2.75) is 17.9 Å². The lowest BCUT2D eigenvalue weighted by Gasteiger charge is -2.28. The van der Waals surface area contributed by atoms with Gasteiger partial charge in [0, 0.05) is 5.02 Å². The second-order valence-corrected chi connectivity index (χ2v) is 7.31. The molecular weight excluding hydrogens is 364 g/mol. The molecule has 2 aromatic rings. The van der Waals surface area contributed by atoms with Crippen LogP contribution in [0.4, 0.5) is 10.1 Å². The first kappa shape index (κ1) is 17.7. The summed E-state index contributed by atoms with van der Waals surface area (Å²) in [6.45, 7) is 1.29. The molecule has 4 nitrogen and oxygen atoms in total. The van der Waals surface area contributed by atoms with Crippen molar-refractivity contribution in [3.63, 3.8) is 0 Å².